The molecule has 1 aromatic carbocycles. The van der Waals surface area contributed by atoms with Crippen molar-refractivity contribution in [1.82, 2.24) is 15.1 Å². The van der Waals surface area contributed by atoms with Crippen LogP contribution >= 0.6 is 0 Å². The lowest BCUT2D eigenvalue weighted by Gasteiger charge is -2.18. The summed E-state index contributed by atoms with van der Waals surface area (Å²) in [6, 6.07) is 3.61. The van der Waals surface area contributed by atoms with Gasteiger partial charge in [-0.25, -0.2) is 8.78 Å². The van der Waals surface area contributed by atoms with Crippen molar-refractivity contribution in [3.8, 4) is 0 Å². The Balaban J connectivity index is 1.91. The molecule has 0 bridgehead atoms. The Kier molecular flexibility index (Phi) is 4.18. The Bertz CT molecular complexity index is 585. The fourth-order valence-electron chi connectivity index (χ4n) is 1.82. The van der Waals surface area contributed by atoms with Crippen molar-refractivity contribution in [1.29, 1.82) is 0 Å². The third-order valence-corrected chi connectivity index (χ3v) is 2.98. The molecule has 0 fully saturated rings. The SMILES string of the molecule is CC(C)(C)n1cc(CNCc2ccc(F)cc2F)cn1. The molecule has 2 rings (SSSR count). The number of hydrogen-bond acceptors (Lipinski definition) is 2. The van der Waals surface area contributed by atoms with E-state index in [2.05, 4.69) is 31.2 Å². The van der Waals surface area contributed by atoms with Crippen LogP contribution in [0, 0.1) is 11.6 Å². The van der Waals surface area contributed by atoms with Crippen molar-refractivity contribution in [2.75, 3.05) is 0 Å². The second kappa shape index (κ2) is 5.71. The number of rotatable bonds is 4. The summed E-state index contributed by atoms with van der Waals surface area (Å²) in [7, 11) is 0. The molecule has 3 nitrogen and oxygen atoms in total. The number of benzene rings is 1. The van der Waals surface area contributed by atoms with Gasteiger partial charge in [-0.2, -0.15) is 5.10 Å². The van der Waals surface area contributed by atoms with Crippen LogP contribution in [0.1, 0.15) is 31.9 Å². The summed E-state index contributed by atoms with van der Waals surface area (Å²) < 4.78 is 28.1. The number of halogens is 2. The first-order chi connectivity index (χ1) is 9.36. The third kappa shape index (κ3) is 3.63. The second-order valence-electron chi connectivity index (χ2n) is 5.80. The summed E-state index contributed by atoms with van der Waals surface area (Å²) in [5, 5.41) is 7.42. The molecule has 1 aromatic heterocycles. The van der Waals surface area contributed by atoms with Crippen molar-refractivity contribution in [2.24, 2.45) is 0 Å². The van der Waals surface area contributed by atoms with E-state index in [1.54, 1.807) is 6.20 Å². The van der Waals surface area contributed by atoms with Gasteiger partial charge in [-0.1, -0.05) is 6.07 Å². The van der Waals surface area contributed by atoms with E-state index < -0.39 is 11.6 Å². The van der Waals surface area contributed by atoms with Gasteiger partial charge in [-0.3, -0.25) is 4.68 Å². The lowest BCUT2D eigenvalue weighted by Crippen LogP contribution is -2.22. The van der Waals surface area contributed by atoms with E-state index in [9.17, 15) is 8.78 Å². The normalized spacial score (nSPS) is 11.8. The zero-order valence-electron chi connectivity index (χ0n) is 12.0. The third-order valence-electron chi connectivity index (χ3n) is 2.98. The average Bonchev–Trinajstić information content (AvgIpc) is 2.80. The van der Waals surface area contributed by atoms with E-state index >= 15 is 0 Å². The Morgan fingerprint density at radius 1 is 1.20 bits per heavy atom. The minimum Gasteiger partial charge on any atom is -0.308 e. The van der Waals surface area contributed by atoms with E-state index in [0.29, 0.717) is 18.7 Å². The van der Waals surface area contributed by atoms with Crippen LogP contribution in [0.15, 0.2) is 30.6 Å². The molecule has 1 heterocycles. The standard InChI is InChI=1S/C15H19F2N3/c1-15(2,3)20-10-11(8-19-20)7-18-9-12-4-5-13(16)6-14(12)17/h4-6,8,10,18H,7,9H2,1-3H3. The molecule has 0 saturated carbocycles. The van der Waals surface area contributed by atoms with Crippen LogP contribution in [-0.4, -0.2) is 9.78 Å². The van der Waals surface area contributed by atoms with Gasteiger partial charge in [0.15, 0.2) is 0 Å². The molecular formula is C15H19F2N3. The van der Waals surface area contributed by atoms with E-state index in [1.165, 1.54) is 12.1 Å². The van der Waals surface area contributed by atoms with Crippen molar-refractivity contribution in [3.63, 3.8) is 0 Å². The Hall–Kier alpha value is -1.75. The highest BCUT2D eigenvalue weighted by Gasteiger charge is 2.13. The smallest absolute Gasteiger partial charge is 0.130 e. The lowest BCUT2D eigenvalue weighted by atomic mass is 10.1. The van der Waals surface area contributed by atoms with Gasteiger partial charge in [-0.15, -0.1) is 0 Å². The summed E-state index contributed by atoms with van der Waals surface area (Å²) in [6.45, 7) is 7.17. The van der Waals surface area contributed by atoms with Crippen molar-refractivity contribution in [2.45, 2.75) is 39.4 Å². The van der Waals surface area contributed by atoms with Gasteiger partial charge in [0, 0.05) is 36.5 Å². The molecule has 0 aliphatic heterocycles. The summed E-state index contributed by atoms with van der Waals surface area (Å²) in [5.74, 6) is -1.08. The fraction of sp³-hybridized carbons (Fsp3) is 0.400. The van der Waals surface area contributed by atoms with Crippen LogP contribution in [0.5, 0.6) is 0 Å². The Labute approximate surface area is 117 Å². The maximum absolute atomic E-state index is 13.4. The molecule has 0 saturated heterocycles. The van der Waals surface area contributed by atoms with Gasteiger partial charge in [0.25, 0.3) is 0 Å². The molecule has 0 aliphatic rings. The zero-order chi connectivity index (χ0) is 14.8. The van der Waals surface area contributed by atoms with Crippen molar-refractivity contribution < 1.29 is 8.78 Å². The van der Waals surface area contributed by atoms with Crippen LogP contribution in [-0.2, 0) is 18.6 Å². The van der Waals surface area contributed by atoms with Crippen molar-refractivity contribution >= 4 is 0 Å². The van der Waals surface area contributed by atoms with E-state index in [1.807, 2.05) is 10.9 Å². The molecular weight excluding hydrogens is 260 g/mol. The molecule has 0 radical (unpaired) electrons. The number of nitrogens with zero attached hydrogens (tertiary/aromatic N) is 2. The maximum Gasteiger partial charge on any atom is 0.130 e. The van der Waals surface area contributed by atoms with Crippen LogP contribution < -0.4 is 5.32 Å². The second-order valence-corrected chi connectivity index (χ2v) is 5.80. The first kappa shape index (κ1) is 14.7. The predicted molar refractivity (Wildman–Crippen MR) is 74.1 cm³/mol. The van der Waals surface area contributed by atoms with Gasteiger partial charge < -0.3 is 5.32 Å². The highest BCUT2D eigenvalue weighted by Crippen LogP contribution is 2.13. The van der Waals surface area contributed by atoms with Gasteiger partial charge in [0.2, 0.25) is 0 Å². The molecule has 2 aromatic rings. The predicted octanol–water partition coefficient (Wildman–Crippen LogP) is 3.21. The summed E-state index contributed by atoms with van der Waals surface area (Å²) >= 11 is 0. The monoisotopic (exact) mass is 279 g/mol. The first-order valence-corrected chi connectivity index (χ1v) is 6.55. The molecule has 0 spiro atoms. The topological polar surface area (TPSA) is 29.9 Å². The quantitative estimate of drug-likeness (QED) is 0.931. The van der Waals surface area contributed by atoms with Crippen LogP contribution in [0.3, 0.4) is 0 Å². The van der Waals surface area contributed by atoms with E-state index in [0.717, 1.165) is 11.6 Å². The molecule has 0 unspecified atom stereocenters. The van der Waals surface area contributed by atoms with E-state index in [-0.39, 0.29) is 5.54 Å². The van der Waals surface area contributed by atoms with Crippen LogP contribution in [0.2, 0.25) is 0 Å². The van der Waals surface area contributed by atoms with Gasteiger partial charge in [0.05, 0.1) is 11.7 Å². The molecule has 0 amide bonds. The maximum atomic E-state index is 13.4. The van der Waals surface area contributed by atoms with Gasteiger partial charge >= 0.3 is 0 Å². The van der Waals surface area contributed by atoms with Gasteiger partial charge in [0.1, 0.15) is 11.6 Å². The van der Waals surface area contributed by atoms with Gasteiger partial charge in [-0.05, 0) is 26.8 Å². The molecule has 0 aliphatic carbocycles. The molecule has 20 heavy (non-hydrogen) atoms. The summed E-state index contributed by atoms with van der Waals surface area (Å²) in [6.07, 6.45) is 3.76. The largest absolute Gasteiger partial charge is 0.308 e. The molecule has 5 heteroatoms. The summed E-state index contributed by atoms with van der Waals surface area (Å²) in [5.41, 5.74) is 1.43. The average molecular weight is 279 g/mol. The summed E-state index contributed by atoms with van der Waals surface area (Å²) in [4.78, 5) is 0. The van der Waals surface area contributed by atoms with Crippen LogP contribution in [0.25, 0.3) is 0 Å². The van der Waals surface area contributed by atoms with Crippen molar-refractivity contribution in [3.05, 3.63) is 53.4 Å². The Morgan fingerprint density at radius 3 is 2.55 bits per heavy atom. The minimum absolute atomic E-state index is 0.0543. The first-order valence-electron chi connectivity index (χ1n) is 6.55. The molecule has 1 N–H and O–H groups in total. The number of aromatic nitrogens is 2. The highest BCUT2D eigenvalue weighted by atomic mass is 19.1. The molecule has 0 atom stereocenters. The Morgan fingerprint density at radius 2 is 1.95 bits per heavy atom. The molecule has 108 valence electrons. The number of hydrogen-bond donors (Lipinski definition) is 1. The fourth-order valence-corrected chi connectivity index (χ4v) is 1.82. The lowest BCUT2D eigenvalue weighted by molar-refractivity contribution is 0.355. The zero-order valence-corrected chi connectivity index (χ0v) is 12.0. The minimum atomic E-state index is -0.558. The number of nitrogens with one attached hydrogen (secondary N) is 1. The highest BCUT2D eigenvalue weighted by molar-refractivity contribution is 5.18. The van der Waals surface area contributed by atoms with E-state index in [4.69, 9.17) is 0 Å². The van der Waals surface area contributed by atoms with Crippen LogP contribution in [0.4, 0.5) is 8.78 Å².